The van der Waals surface area contributed by atoms with Gasteiger partial charge in [-0.15, -0.1) is 0 Å². The van der Waals surface area contributed by atoms with Crippen molar-refractivity contribution in [3.63, 3.8) is 0 Å². The number of aromatic hydroxyl groups is 2. The molecule has 0 amide bonds. The summed E-state index contributed by atoms with van der Waals surface area (Å²) in [5.41, 5.74) is 0. The fourth-order valence-corrected chi connectivity index (χ4v) is 2.40. The lowest BCUT2D eigenvalue weighted by Crippen LogP contribution is -2.19. The summed E-state index contributed by atoms with van der Waals surface area (Å²) >= 11 is 0. The predicted octanol–water partition coefficient (Wildman–Crippen LogP) is 1.90. The minimum atomic E-state index is 0.106. The second-order valence-electron chi connectivity index (χ2n) is 4.58. The van der Waals surface area contributed by atoms with E-state index in [-0.39, 0.29) is 17.7 Å². The Morgan fingerprint density at radius 3 is 2.25 bits per heavy atom. The fourth-order valence-electron chi connectivity index (χ4n) is 2.40. The van der Waals surface area contributed by atoms with Crippen molar-refractivity contribution in [2.45, 2.75) is 32.2 Å². The number of hydrogen-bond acceptors (Lipinski definition) is 3. The van der Waals surface area contributed by atoms with Crippen LogP contribution in [0.25, 0.3) is 0 Å². The van der Waals surface area contributed by atoms with Crippen LogP contribution in [0.3, 0.4) is 0 Å². The fraction of sp³-hybridized carbons (Fsp3) is 0.583. The lowest BCUT2D eigenvalue weighted by molar-refractivity contribution is -0.112. The molecular formula is C12H17NO3. The highest BCUT2D eigenvalue weighted by molar-refractivity contribution is 5.53. The second-order valence-corrected chi connectivity index (χ2v) is 4.58. The van der Waals surface area contributed by atoms with Gasteiger partial charge >= 0.3 is 0 Å². The quantitative estimate of drug-likeness (QED) is 0.769. The van der Waals surface area contributed by atoms with Gasteiger partial charge in [0.1, 0.15) is 6.29 Å². The van der Waals surface area contributed by atoms with Crippen molar-refractivity contribution in [1.29, 1.82) is 0 Å². The van der Waals surface area contributed by atoms with E-state index >= 15 is 0 Å². The lowest BCUT2D eigenvalue weighted by atomic mass is 9.83. The lowest BCUT2D eigenvalue weighted by Gasteiger charge is -2.26. The van der Waals surface area contributed by atoms with E-state index in [9.17, 15) is 15.0 Å². The third-order valence-electron chi connectivity index (χ3n) is 3.46. The largest absolute Gasteiger partial charge is 0.494 e. The van der Waals surface area contributed by atoms with Crippen LogP contribution in [0.4, 0.5) is 0 Å². The van der Waals surface area contributed by atoms with Gasteiger partial charge in [-0.05, 0) is 31.6 Å². The molecule has 0 saturated heterocycles. The van der Waals surface area contributed by atoms with E-state index in [1.165, 1.54) is 16.7 Å². The number of nitrogens with zero attached hydrogens (tertiary/aromatic N) is 1. The number of rotatable bonds is 3. The molecule has 4 heteroatoms. The first-order valence-electron chi connectivity index (χ1n) is 5.73. The highest BCUT2D eigenvalue weighted by Crippen LogP contribution is 2.31. The molecule has 1 saturated carbocycles. The van der Waals surface area contributed by atoms with Gasteiger partial charge in [-0.2, -0.15) is 0 Å². The van der Waals surface area contributed by atoms with E-state index in [2.05, 4.69) is 0 Å². The smallest absolute Gasteiger partial charge is 0.193 e. The van der Waals surface area contributed by atoms with Crippen molar-refractivity contribution in [3.8, 4) is 11.8 Å². The summed E-state index contributed by atoms with van der Waals surface area (Å²) in [5, 5.41) is 19.0. The Kier molecular flexibility index (Phi) is 3.17. The highest BCUT2D eigenvalue weighted by atomic mass is 16.3. The number of carbonyl (C=O) groups is 1. The maximum absolute atomic E-state index is 10.6. The van der Waals surface area contributed by atoms with E-state index in [4.69, 9.17) is 0 Å². The van der Waals surface area contributed by atoms with Crippen LogP contribution in [0, 0.1) is 11.8 Å². The Hall–Kier alpha value is -1.45. The van der Waals surface area contributed by atoms with Crippen LogP contribution in [0.15, 0.2) is 12.1 Å². The monoisotopic (exact) mass is 223 g/mol. The van der Waals surface area contributed by atoms with Crippen LogP contribution < -0.4 is 0 Å². The van der Waals surface area contributed by atoms with Gasteiger partial charge in [0.05, 0.1) is 0 Å². The molecule has 88 valence electrons. The van der Waals surface area contributed by atoms with Gasteiger partial charge in [-0.25, -0.2) is 0 Å². The first-order valence-corrected chi connectivity index (χ1v) is 5.73. The summed E-state index contributed by atoms with van der Waals surface area (Å²) in [6.07, 6.45) is 4.87. The van der Waals surface area contributed by atoms with Crippen molar-refractivity contribution in [2.24, 2.45) is 11.8 Å². The highest BCUT2D eigenvalue weighted by Gasteiger charge is 2.22. The molecule has 0 unspecified atom stereocenters. The summed E-state index contributed by atoms with van der Waals surface area (Å²) in [7, 11) is 0. The Labute approximate surface area is 94.5 Å². The molecule has 0 bridgehead atoms. The topological polar surface area (TPSA) is 62.5 Å². The van der Waals surface area contributed by atoms with E-state index in [0.717, 1.165) is 32.0 Å². The average molecular weight is 223 g/mol. The standard InChI is InChI=1S/C12H17NO3/c14-8-10-3-1-9(2-4-10)7-13-11(15)5-6-12(13)16/h5-6,8-10,15-16H,1-4,7H2. The van der Waals surface area contributed by atoms with Crippen molar-refractivity contribution in [2.75, 3.05) is 0 Å². The van der Waals surface area contributed by atoms with Gasteiger partial charge in [0.2, 0.25) is 0 Å². The Bertz CT molecular complexity index is 345. The minimum Gasteiger partial charge on any atom is -0.494 e. The van der Waals surface area contributed by atoms with E-state index < -0.39 is 0 Å². The summed E-state index contributed by atoms with van der Waals surface area (Å²) in [6.45, 7) is 0.635. The maximum atomic E-state index is 10.6. The molecule has 0 spiro atoms. The van der Waals surface area contributed by atoms with E-state index in [1.807, 2.05) is 0 Å². The normalized spacial score (nSPS) is 25.5. The van der Waals surface area contributed by atoms with Crippen molar-refractivity contribution in [1.82, 2.24) is 4.57 Å². The molecule has 0 atom stereocenters. The molecule has 1 heterocycles. The Morgan fingerprint density at radius 1 is 1.19 bits per heavy atom. The number of carbonyl (C=O) groups excluding carboxylic acids is 1. The Morgan fingerprint density at radius 2 is 1.75 bits per heavy atom. The number of aromatic nitrogens is 1. The summed E-state index contributed by atoms with van der Waals surface area (Å²) in [6, 6.07) is 2.98. The van der Waals surface area contributed by atoms with Crippen LogP contribution in [0.2, 0.25) is 0 Å². The minimum absolute atomic E-state index is 0.106. The second kappa shape index (κ2) is 4.60. The van der Waals surface area contributed by atoms with Gasteiger partial charge in [0, 0.05) is 24.6 Å². The molecule has 16 heavy (non-hydrogen) atoms. The summed E-state index contributed by atoms with van der Waals surface area (Å²) in [4.78, 5) is 10.6. The molecule has 2 rings (SSSR count). The molecule has 1 aliphatic carbocycles. The van der Waals surface area contributed by atoms with Crippen LogP contribution in [-0.2, 0) is 11.3 Å². The molecular weight excluding hydrogens is 206 g/mol. The molecule has 0 aliphatic heterocycles. The summed E-state index contributed by atoms with van der Waals surface area (Å²) in [5.74, 6) is 0.869. The first-order chi connectivity index (χ1) is 7.70. The molecule has 1 aromatic rings. The summed E-state index contributed by atoms with van der Waals surface area (Å²) < 4.78 is 1.52. The van der Waals surface area contributed by atoms with Crippen molar-refractivity contribution < 1.29 is 15.0 Å². The van der Waals surface area contributed by atoms with Crippen molar-refractivity contribution in [3.05, 3.63) is 12.1 Å². The molecule has 1 fully saturated rings. The van der Waals surface area contributed by atoms with Gasteiger partial charge in [0.15, 0.2) is 11.8 Å². The van der Waals surface area contributed by atoms with E-state index in [0.29, 0.717) is 12.5 Å². The number of hydrogen-bond donors (Lipinski definition) is 2. The predicted molar refractivity (Wildman–Crippen MR) is 59.3 cm³/mol. The molecule has 2 N–H and O–H groups in total. The van der Waals surface area contributed by atoms with Gasteiger partial charge in [0.25, 0.3) is 0 Å². The molecule has 1 aliphatic rings. The van der Waals surface area contributed by atoms with Crippen LogP contribution in [-0.4, -0.2) is 21.1 Å². The van der Waals surface area contributed by atoms with Crippen LogP contribution in [0.1, 0.15) is 25.7 Å². The van der Waals surface area contributed by atoms with Gasteiger partial charge in [-0.1, -0.05) is 0 Å². The molecule has 1 aromatic heterocycles. The van der Waals surface area contributed by atoms with E-state index in [1.54, 1.807) is 0 Å². The SMILES string of the molecule is O=CC1CCC(Cn2c(O)ccc2O)CC1. The van der Waals surface area contributed by atoms with Crippen LogP contribution in [0.5, 0.6) is 11.8 Å². The zero-order valence-corrected chi connectivity index (χ0v) is 9.17. The van der Waals surface area contributed by atoms with Crippen molar-refractivity contribution >= 4 is 6.29 Å². The third kappa shape index (κ3) is 2.21. The zero-order valence-electron chi connectivity index (χ0n) is 9.17. The molecule has 0 aromatic carbocycles. The van der Waals surface area contributed by atoms with Gasteiger partial charge < -0.3 is 15.0 Å². The third-order valence-corrected chi connectivity index (χ3v) is 3.46. The number of aldehydes is 1. The van der Waals surface area contributed by atoms with Crippen LogP contribution >= 0.6 is 0 Å². The first kappa shape index (κ1) is 11.0. The van der Waals surface area contributed by atoms with Gasteiger partial charge in [-0.3, -0.25) is 4.57 Å². The maximum Gasteiger partial charge on any atom is 0.193 e. The Balaban J connectivity index is 1.94. The average Bonchev–Trinajstić information content (AvgIpc) is 2.62. The zero-order chi connectivity index (χ0) is 11.5. The molecule has 0 radical (unpaired) electrons. The molecule has 4 nitrogen and oxygen atoms in total.